The number of nitrogens with zero attached hydrogens (tertiary/aromatic N) is 1. The second-order valence-corrected chi connectivity index (χ2v) is 1.96. The van der Waals surface area contributed by atoms with Crippen LogP contribution < -0.4 is 4.76 Å². The van der Waals surface area contributed by atoms with E-state index in [-0.39, 0.29) is 5.69 Å². The lowest BCUT2D eigenvalue weighted by Crippen LogP contribution is -2.20. The van der Waals surface area contributed by atoms with E-state index in [1.54, 1.807) is 6.07 Å². The SMILES string of the molecule is CO[B]On1cccc1C(=O)O. The molecule has 1 heterocycles. The number of carboxylic acids is 1. The van der Waals surface area contributed by atoms with Crippen molar-refractivity contribution in [3.8, 4) is 0 Å². The van der Waals surface area contributed by atoms with Crippen molar-refractivity contribution in [2.75, 3.05) is 7.11 Å². The third-order valence-electron chi connectivity index (χ3n) is 1.18. The molecule has 1 radical (unpaired) electrons. The summed E-state index contributed by atoms with van der Waals surface area (Å²) >= 11 is 0. The molecular formula is C6H7BNO4. The van der Waals surface area contributed by atoms with Crippen molar-refractivity contribution in [1.29, 1.82) is 0 Å². The molecule has 1 rings (SSSR count). The fourth-order valence-electron chi connectivity index (χ4n) is 0.713. The van der Waals surface area contributed by atoms with Gasteiger partial charge in [-0.3, -0.25) is 0 Å². The normalized spacial score (nSPS) is 9.42. The number of aromatic nitrogens is 1. The first-order valence-electron chi connectivity index (χ1n) is 3.18. The molecule has 0 fully saturated rings. The van der Waals surface area contributed by atoms with Gasteiger partial charge in [-0.15, -0.1) is 0 Å². The average molecular weight is 168 g/mol. The predicted molar refractivity (Wildman–Crippen MR) is 40.7 cm³/mol. The molecule has 0 aromatic carbocycles. The largest absolute Gasteiger partial charge is 0.594 e. The molecule has 0 aliphatic carbocycles. The van der Waals surface area contributed by atoms with Crippen LogP contribution in [0.2, 0.25) is 0 Å². The van der Waals surface area contributed by atoms with Crippen molar-refractivity contribution in [2.45, 2.75) is 0 Å². The molecule has 0 saturated carbocycles. The topological polar surface area (TPSA) is 60.7 Å². The summed E-state index contributed by atoms with van der Waals surface area (Å²) in [6.45, 7) is 0. The summed E-state index contributed by atoms with van der Waals surface area (Å²) < 4.78 is 10.4. The monoisotopic (exact) mass is 168 g/mol. The lowest BCUT2D eigenvalue weighted by Gasteiger charge is -2.04. The van der Waals surface area contributed by atoms with Crippen LogP contribution in [0.25, 0.3) is 0 Å². The number of rotatable bonds is 4. The highest BCUT2D eigenvalue weighted by Crippen LogP contribution is 1.98. The van der Waals surface area contributed by atoms with Gasteiger partial charge in [0.05, 0.1) is 0 Å². The fourth-order valence-corrected chi connectivity index (χ4v) is 0.713. The molecule has 0 unspecified atom stereocenters. The maximum atomic E-state index is 10.5. The Labute approximate surface area is 69.8 Å². The summed E-state index contributed by atoms with van der Waals surface area (Å²) in [6.07, 6.45) is 1.47. The van der Waals surface area contributed by atoms with Crippen molar-refractivity contribution < 1.29 is 19.3 Å². The van der Waals surface area contributed by atoms with Gasteiger partial charge in [-0.05, 0) is 12.1 Å². The summed E-state index contributed by atoms with van der Waals surface area (Å²) in [5, 5.41) is 8.60. The van der Waals surface area contributed by atoms with Crippen LogP contribution in [-0.4, -0.2) is 30.6 Å². The first-order valence-corrected chi connectivity index (χ1v) is 3.18. The Morgan fingerprint density at radius 3 is 3.08 bits per heavy atom. The van der Waals surface area contributed by atoms with E-state index in [1.807, 2.05) is 0 Å². The van der Waals surface area contributed by atoms with Crippen LogP contribution in [0.5, 0.6) is 0 Å². The highest BCUT2D eigenvalue weighted by molar-refractivity contribution is 6.18. The molecule has 0 bridgehead atoms. The second kappa shape index (κ2) is 3.82. The lowest BCUT2D eigenvalue weighted by atomic mass is 10.4. The Hall–Kier alpha value is -1.43. The van der Waals surface area contributed by atoms with E-state index in [0.717, 1.165) is 12.4 Å². The number of hydrogen-bond donors (Lipinski definition) is 1. The third-order valence-corrected chi connectivity index (χ3v) is 1.18. The maximum Gasteiger partial charge on any atom is 0.594 e. The van der Waals surface area contributed by atoms with E-state index in [2.05, 4.69) is 4.65 Å². The molecule has 0 saturated heterocycles. The molecule has 0 aliphatic heterocycles. The molecule has 63 valence electrons. The summed E-state index contributed by atoms with van der Waals surface area (Å²) in [5.74, 6) is -1.05. The Morgan fingerprint density at radius 1 is 1.75 bits per heavy atom. The zero-order valence-electron chi connectivity index (χ0n) is 6.43. The van der Waals surface area contributed by atoms with E-state index in [4.69, 9.17) is 9.86 Å². The van der Waals surface area contributed by atoms with E-state index in [9.17, 15) is 4.79 Å². The van der Waals surface area contributed by atoms with E-state index in [1.165, 1.54) is 19.4 Å². The highest BCUT2D eigenvalue weighted by atomic mass is 16.7. The first-order chi connectivity index (χ1) is 5.75. The minimum atomic E-state index is -1.05. The van der Waals surface area contributed by atoms with E-state index < -0.39 is 5.97 Å². The van der Waals surface area contributed by atoms with Crippen LogP contribution in [0, 0.1) is 0 Å². The molecule has 0 spiro atoms. The first kappa shape index (κ1) is 8.67. The Kier molecular flexibility index (Phi) is 2.76. The molecule has 0 aliphatic rings. The van der Waals surface area contributed by atoms with Gasteiger partial charge in [0, 0.05) is 13.3 Å². The van der Waals surface area contributed by atoms with Crippen LogP contribution in [0.3, 0.4) is 0 Å². The number of hydrogen-bond acceptors (Lipinski definition) is 3. The van der Waals surface area contributed by atoms with Crippen molar-refractivity contribution in [3.63, 3.8) is 0 Å². The Balaban J connectivity index is 2.70. The Bertz CT molecular complexity index is 272. The van der Waals surface area contributed by atoms with Crippen molar-refractivity contribution in [1.82, 2.24) is 4.73 Å². The van der Waals surface area contributed by atoms with Gasteiger partial charge in [0.2, 0.25) is 0 Å². The minimum Gasteiger partial charge on any atom is -0.476 e. The van der Waals surface area contributed by atoms with Gasteiger partial charge in [0.15, 0.2) is 5.69 Å². The lowest BCUT2D eigenvalue weighted by molar-refractivity contribution is 0.0663. The Morgan fingerprint density at radius 2 is 2.50 bits per heavy atom. The van der Waals surface area contributed by atoms with E-state index in [0.29, 0.717) is 0 Å². The quantitative estimate of drug-likeness (QED) is 0.632. The molecule has 0 amide bonds. The van der Waals surface area contributed by atoms with Gasteiger partial charge in [-0.2, -0.15) is 0 Å². The van der Waals surface area contributed by atoms with Crippen molar-refractivity contribution in [3.05, 3.63) is 24.0 Å². The summed E-state index contributed by atoms with van der Waals surface area (Å²) in [7, 11) is 2.44. The van der Waals surface area contributed by atoms with Crippen LogP contribution in [0.1, 0.15) is 10.5 Å². The minimum absolute atomic E-state index is 0.0447. The molecule has 0 atom stereocenters. The standard InChI is InChI=1S/C6H7BNO4/c1-11-7-12-8-4-2-3-5(8)6(9)10/h2-4H,1H3,(H,9,10). The van der Waals surface area contributed by atoms with E-state index >= 15 is 0 Å². The zero-order chi connectivity index (χ0) is 8.97. The maximum absolute atomic E-state index is 10.5. The van der Waals surface area contributed by atoms with Gasteiger partial charge < -0.3 is 14.5 Å². The average Bonchev–Trinajstić information content (AvgIpc) is 2.48. The van der Waals surface area contributed by atoms with Gasteiger partial charge in [0.1, 0.15) is 0 Å². The summed E-state index contributed by atoms with van der Waals surface area (Å²) in [6, 6.07) is 2.98. The second-order valence-electron chi connectivity index (χ2n) is 1.96. The molecular weight excluding hydrogens is 161 g/mol. The molecule has 6 heteroatoms. The zero-order valence-corrected chi connectivity index (χ0v) is 6.43. The number of carboxylic acid groups (broad SMARTS) is 1. The molecule has 12 heavy (non-hydrogen) atoms. The van der Waals surface area contributed by atoms with Crippen LogP contribution in [0.15, 0.2) is 18.3 Å². The van der Waals surface area contributed by atoms with Crippen molar-refractivity contribution >= 4 is 13.7 Å². The smallest absolute Gasteiger partial charge is 0.476 e. The molecule has 1 aromatic heterocycles. The molecule has 5 nitrogen and oxygen atoms in total. The summed E-state index contributed by atoms with van der Waals surface area (Å²) in [4.78, 5) is 10.5. The van der Waals surface area contributed by atoms with Crippen LogP contribution in [0.4, 0.5) is 0 Å². The molecule has 1 aromatic rings. The fraction of sp³-hybridized carbons (Fsp3) is 0.167. The number of carbonyl (C=O) groups is 1. The van der Waals surface area contributed by atoms with Gasteiger partial charge in [-0.1, -0.05) is 0 Å². The van der Waals surface area contributed by atoms with Crippen LogP contribution >= 0.6 is 0 Å². The molecule has 1 N–H and O–H groups in total. The highest BCUT2D eigenvalue weighted by Gasteiger charge is 2.09. The van der Waals surface area contributed by atoms with Gasteiger partial charge >= 0.3 is 13.7 Å². The van der Waals surface area contributed by atoms with Crippen molar-refractivity contribution in [2.24, 2.45) is 0 Å². The number of aromatic carboxylic acids is 1. The summed E-state index contributed by atoms with van der Waals surface area (Å²) in [5.41, 5.74) is 0.0447. The van der Waals surface area contributed by atoms with Gasteiger partial charge in [-0.25, -0.2) is 9.52 Å². The third kappa shape index (κ3) is 1.79. The predicted octanol–water partition coefficient (Wildman–Crippen LogP) is -0.205. The van der Waals surface area contributed by atoms with Crippen LogP contribution in [-0.2, 0) is 4.65 Å². The van der Waals surface area contributed by atoms with Gasteiger partial charge in [0.25, 0.3) is 0 Å².